The number of hydrogen-bond acceptors (Lipinski definition) is 6. The molecule has 0 spiro atoms. The Balaban J connectivity index is 1.23. The number of hydrogen-bond donors (Lipinski definition) is 1. The van der Waals surface area contributed by atoms with Crippen molar-refractivity contribution in [3.05, 3.63) is 18.6 Å². The summed E-state index contributed by atoms with van der Waals surface area (Å²) in [7, 11) is 2.09. The summed E-state index contributed by atoms with van der Waals surface area (Å²) in [6, 6.07) is 2.50. The third kappa shape index (κ3) is 3.79. The van der Waals surface area contributed by atoms with E-state index in [-0.39, 0.29) is 6.10 Å². The summed E-state index contributed by atoms with van der Waals surface area (Å²) in [5, 5.41) is 1.05. The zero-order valence-electron chi connectivity index (χ0n) is 14.6. The molecular formula is C17H23F2N5OS. The van der Waals surface area contributed by atoms with Gasteiger partial charge in [-0.3, -0.25) is 0 Å². The van der Waals surface area contributed by atoms with Crippen molar-refractivity contribution in [1.29, 1.82) is 0 Å². The minimum Gasteiger partial charge on any atom is -0.356 e. The summed E-state index contributed by atoms with van der Waals surface area (Å²) in [6.07, 6.45) is 6.10. The lowest BCUT2D eigenvalue weighted by molar-refractivity contribution is -0.157. The smallest absolute Gasteiger partial charge is 0.345 e. The molecule has 4 rings (SSSR count). The van der Waals surface area contributed by atoms with Crippen LogP contribution in [0.1, 0.15) is 19.3 Å². The van der Waals surface area contributed by atoms with E-state index in [0.29, 0.717) is 24.9 Å². The molecule has 3 heterocycles. The van der Waals surface area contributed by atoms with Gasteiger partial charge in [-0.25, -0.2) is 14.3 Å². The Hall–Kier alpha value is -1.45. The number of nitrogens with zero attached hydrogens (tertiary/aromatic N) is 4. The van der Waals surface area contributed by atoms with Gasteiger partial charge in [0, 0.05) is 38.1 Å². The van der Waals surface area contributed by atoms with Gasteiger partial charge in [-0.1, -0.05) is 11.9 Å². The van der Waals surface area contributed by atoms with E-state index in [2.05, 4.69) is 35.9 Å². The molecule has 1 aliphatic carbocycles. The van der Waals surface area contributed by atoms with Gasteiger partial charge in [0.2, 0.25) is 0 Å². The molecule has 1 saturated heterocycles. The lowest BCUT2D eigenvalue weighted by Gasteiger charge is -2.42. The Bertz CT molecular complexity index is 739. The average molecular weight is 383 g/mol. The SMILES string of the molecule is CN(c1ncnc2[nH]ccc12)[C@H]1C[C@@H](CSN2CCC(OC(F)F)C2)C1. The molecule has 2 aromatic rings. The van der Waals surface area contributed by atoms with Gasteiger partial charge in [0.15, 0.2) is 0 Å². The van der Waals surface area contributed by atoms with Crippen molar-refractivity contribution in [1.82, 2.24) is 19.3 Å². The van der Waals surface area contributed by atoms with Crippen molar-refractivity contribution in [2.45, 2.75) is 38.0 Å². The van der Waals surface area contributed by atoms with Crippen LogP contribution in [0.2, 0.25) is 0 Å². The zero-order chi connectivity index (χ0) is 18.1. The predicted molar refractivity (Wildman–Crippen MR) is 98.3 cm³/mol. The highest BCUT2D eigenvalue weighted by Crippen LogP contribution is 2.37. The van der Waals surface area contributed by atoms with Crippen LogP contribution in [0.25, 0.3) is 11.0 Å². The number of nitrogens with one attached hydrogen (secondary N) is 1. The molecule has 2 aromatic heterocycles. The van der Waals surface area contributed by atoms with E-state index in [1.54, 1.807) is 18.3 Å². The van der Waals surface area contributed by atoms with E-state index in [1.807, 2.05) is 12.3 Å². The molecule has 1 atom stereocenters. The second kappa shape index (κ2) is 7.66. The first kappa shape index (κ1) is 17.9. The van der Waals surface area contributed by atoms with E-state index in [9.17, 15) is 8.78 Å². The lowest BCUT2D eigenvalue weighted by Crippen LogP contribution is -2.44. The summed E-state index contributed by atoms with van der Waals surface area (Å²) in [5.74, 6) is 2.67. The highest BCUT2D eigenvalue weighted by atomic mass is 32.2. The maximum absolute atomic E-state index is 12.3. The van der Waals surface area contributed by atoms with Crippen molar-refractivity contribution >= 4 is 28.8 Å². The highest BCUT2D eigenvalue weighted by Gasteiger charge is 2.34. The van der Waals surface area contributed by atoms with Crippen LogP contribution < -0.4 is 4.90 Å². The maximum atomic E-state index is 12.3. The van der Waals surface area contributed by atoms with Crippen LogP contribution in [0.4, 0.5) is 14.6 Å². The second-order valence-electron chi connectivity index (χ2n) is 7.03. The number of H-pyrrole nitrogens is 1. The number of anilines is 1. The Morgan fingerprint density at radius 3 is 3.08 bits per heavy atom. The molecule has 0 radical (unpaired) electrons. The highest BCUT2D eigenvalue weighted by molar-refractivity contribution is 7.97. The number of rotatable bonds is 7. The van der Waals surface area contributed by atoms with Crippen molar-refractivity contribution in [2.75, 3.05) is 30.8 Å². The number of alkyl halides is 2. The van der Waals surface area contributed by atoms with Gasteiger partial charge in [0.05, 0.1) is 11.5 Å². The fraction of sp³-hybridized carbons (Fsp3) is 0.647. The predicted octanol–water partition coefficient (Wildman–Crippen LogP) is 3.13. The molecule has 26 heavy (non-hydrogen) atoms. The standard InChI is InChI=1S/C17H23F2N5OS/c1-23(16-14-2-4-20-15(14)21-10-22-16)12-6-11(7-12)9-26-24-5-3-13(8-24)25-17(18)19/h2,4,10-13,17H,3,5-9H2,1H3,(H,20,21,22)/t11-,12+,13?. The van der Waals surface area contributed by atoms with Crippen LogP contribution in [-0.4, -0.2) is 63.9 Å². The van der Waals surface area contributed by atoms with E-state index in [4.69, 9.17) is 0 Å². The normalized spacial score (nSPS) is 26.5. The molecule has 1 N–H and O–H groups in total. The quantitative estimate of drug-likeness (QED) is 0.742. The first-order valence-corrected chi connectivity index (χ1v) is 9.87. The van der Waals surface area contributed by atoms with Crippen molar-refractivity contribution in [3.63, 3.8) is 0 Å². The maximum Gasteiger partial charge on any atom is 0.345 e. The van der Waals surface area contributed by atoms with E-state index >= 15 is 0 Å². The number of fused-ring (bicyclic) bond motifs is 1. The molecule has 9 heteroatoms. The summed E-state index contributed by atoms with van der Waals surface area (Å²) in [5.41, 5.74) is 0.864. The van der Waals surface area contributed by atoms with Gasteiger partial charge in [0.1, 0.15) is 17.8 Å². The number of aromatic nitrogens is 3. The van der Waals surface area contributed by atoms with Gasteiger partial charge < -0.3 is 14.6 Å². The summed E-state index contributed by atoms with van der Waals surface area (Å²) in [6.45, 7) is -1.25. The Kier molecular flexibility index (Phi) is 5.28. The van der Waals surface area contributed by atoms with Crippen LogP contribution in [0.5, 0.6) is 0 Å². The molecule has 0 bridgehead atoms. The van der Waals surface area contributed by atoms with Crippen molar-refractivity contribution in [2.24, 2.45) is 5.92 Å². The first-order chi connectivity index (χ1) is 12.6. The number of ether oxygens (including phenoxy) is 1. The minimum absolute atomic E-state index is 0.329. The Morgan fingerprint density at radius 1 is 1.42 bits per heavy atom. The van der Waals surface area contributed by atoms with Crippen LogP contribution >= 0.6 is 11.9 Å². The van der Waals surface area contributed by atoms with Crippen LogP contribution in [0.3, 0.4) is 0 Å². The Morgan fingerprint density at radius 2 is 2.27 bits per heavy atom. The minimum atomic E-state index is -2.67. The molecular weight excluding hydrogens is 360 g/mol. The van der Waals surface area contributed by atoms with E-state index < -0.39 is 6.61 Å². The average Bonchev–Trinajstić information content (AvgIpc) is 3.21. The molecule has 0 aromatic carbocycles. The van der Waals surface area contributed by atoms with Gasteiger partial charge >= 0.3 is 6.61 Å². The topological polar surface area (TPSA) is 57.3 Å². The van der Waals surface area contributed by atoms with Gasteiger partial charge in [-0.05, 0) is 31.2 Å². The van der Waals surface area contributed by atoms with Gasteiger partial charge in [0.25, 0.3) is 0 Å². The molecule has 2 fully saturated rings. The number of halogens is 2. The molecule has 1 aliphatic heterocycles. The largest absolute Gasteiger partial charge is 0.356 e. The lowest BCUT2D eigenvalue weighted by atomic mass is 9.81. The fourth-order valence-electron chi connectivity index (χ4n) is 3.75. The van der Waals surface area contributed by atoms with Crippen LogP contribution in [-0.2, 0) is 4.74 Å². The van der Waals surface area contributed by atoms with Crippen LogP contribution in [0, 0.1) is 5.92 Å². The summed E-state index contributed by atoms with van der Waals surface area (Å²) < 4.78 is 31.3. The fourth-order valence-corrected chi connectivity index (χ4v) is 4.95. The number of aromatic amines is 1. The van der Waals surface area contributed by atoms with Gasteiger partial charge in [-0.15, -0.1) is 0 Å². The van der Waals surface area contributed by atoms with Crippen molar-refractivity contribution in [3.8, 4) is 0 Å². The molecule has 2 aliphatic rings. The molecule has 0 amide bonds. The molecule has 142 valence electrons. The van der Waals surface area contributed by atoms with Crippen LogP contribution in [0.15, 0.2) is 18.6 Å². The van der Waals surface area contributed by atoms with Crippen molar-refractivity contribution < 1.29 is 13.5 Å². The molecule has 1 unspecified atom stereocenters. The summed E-state index contributed by atoms with van der Waals surface area (Å²) >= 11 is 1.77. The third-order valence-corrected chi connectivity index (χ3v) is 6.64. The van der Waals surface area contributed by atoms with Gasteiger partial charge in [-0.2, -0.15) is 8.78 Å². The molecule has 1 saturated carbocycles. The zero-order valence-corrected chi connectivity index (χ0v) is 15.5. The first-order valence-electron chi connectivity index (χ1n) is 8.92. The second-order valence-corrected chi connectivity index (χ2v) is 8.14. The Labute approximate surface area is 155 Å². The van der Waals surface area contributed by atoms with E-state index in [1.165, 1.54) is 0 Å². The van der Waals surface area contributed by atoms with E-state index in [0.717, 1.165) is 42.0 Å². The molecule has 6 nitrogen and oxygen atoms in total. The monoisotopic (exact) mass is 383 g/mol. The third-order valence-electron chi connectivity index (χ3n) is 5.32. The summed E-state index contributed by atoms with van der Waals surface area (Å²) in [4.78, 5) is 14.1.